The molecule has 0 saturated carbocycles. The van der Waals surface area contributed by atoms with E-state index in [2.05, 4.69) is 9.56 Å². The summed E-state index contributed by atoms with van der Waals surface area (Å²) in [5, 5.41) is 13.7. The SMILES string of the molecule is CCOC(=O)C1=C(O)/C(=C/c2cn(CCOc3ccc(Cl)cc3)c3ccccc23)SC1=Nc1ccc(Cl)cc1. The van der Waals surface area contributed by atoms with Crippen LogP contribution in [-0.2, 0) is 16.1 Å². The van der Waals surface area contributed by atoms with Crippen molar-refractivity contribution in [3.63, 3.8) is 0 Å². The quantitative estimate of drug-likeness (QED) is 0.213. The molecule has 198 valence electrons. The molecule has 0 radical (unpaired) electrons. The third-order valence-corrected chi connectivity index (χ3v) is 7.47. The van der Waals surface area contributed by atoms with Gasteiger partial charge in [-0.2, -0.15) is 0 Å². The Morgan fingerprint density at radius 1 is 1.03 bits per heavy atom. The predicted molar refractivity (Wildman–Crippen MR) is 159 cm³/mol. The zero-order valence-corrected chi connectivity index (χ0v) is 23.3. The number of esters is 1. The lowest BCUT2D eigenvalue weighted by atomic mass is 10.1. The summed E-state index contributed by atoms with van der Waals surface area (Å²) < 4.78 is 13.2. The number of aromatic nitrogens is 1. The van der Waals surface area contributed by atoms with Crippen LogP contribution in [0.2, 0.25) is 10.0 Å². The Kier molecular flexibility index (Phi) is 8.31. The molecule has 0 spiro atoms. The van der Waals surface area contributed by atoms with Gasteiger partial charge in [-0.15, -0.1) is 0 Å². The predicted octanol–water partition coefficient (Wildman–Crippen LogP) is 8.22. The highest BCUT2D eigenvalue weighted by atomic mass is 35.5. The number of ether oxygens (including phenoxy) is 2. The Morgan fingerprint density at radius 3 is 2.44 bits per heavy atom. The molecule has 0 bridgehead atoms. The minimum absolute atomic E-state index is 0.0446. The average Bonchev–Trinajstić information content (AvgIpc) is 3.43. The Bertz CT molecular complexity index is 1610. The number of thioether (sulfide) groups is 1. The normalized spacial score (nSPS) is 15.5. The van der Waals surface area contributed by atoms with Gasteiger partial charge < -0.3 is 19.1 Å². The number of halogens is 2. The van der Waals surface area contributed by atoms with E-state index in [1.165, 1.54) is 11.8 Å². The molecule has 4 aromatic rings. The molecule has 39 heavy (non-hydrogen) atoms. The first-order chi connectivity index (χ1) is 18.9. The van der Waals surface area contributed by atoms with Crippen molar-refractivity contribution in [3.05, 3.63) is 111 Å². The van der Waals surface area contributed by atoms with E-state index in [4.69, 9.17) is 32.7 Å². The molecule has 1 N–H and O–H groups in total. The number of rotatable bonds is 8. The second-order valence-corrected chi connectivity index (χ2v) is 10.4. The number of aliphatic imine (C=N–C) groups is 1. The third kappa shape index (κ3) is 6.17. The fourth-order valence-corrected chi connectivity index (χ4v) is 5.41. The number of hydrogen-bond donors (Lipinski definition) is 1. The van der Waals surface area contributed by atoms with Gasteiger partial charge in [-0.3, -0.25) is 0 Å². The van der Waals surface area contributed by atoms with Crippen molar-refractivity contribution in [3.8, 4) is 5.75 Å². The van der Waals surface area contributed by atoms with Crippen LogP contribution in [0.3, 0.4) is 0 Å². The van der Waals surface area contributed by atoms with Crippen LogP contribution < -0.4 is 4.74 Å². The standard InChI is InChI=1S/C30H24Cl2N2O4S/c1-2-37-30(36)27-28(35)26(39-29(27)33-22-11-7-20(31)8-12-22)17-19-18-34(25-6-4-3-5-24(19)25)15-16-38-23-13-9-21(32)10-14-23/h3-14,17-18,35H,2,15-16H2,1H3/b26-17-,33-29?. The van der Waals surface area contributed by atoms with E-state index >= 15 is 0 Å². The maximum Gasteiger partial charge on any atom is 0.344 e. The van der Waals surface area contributed by atoms with Gasteiger partial charge in [-0.1, -0.05) is 53.2 Å². The zero-order valence-electron chi connectivity index (χ0n) is 20.9. The van der Waals surface area contributed by atoms with Crippen LogP contribution in [0.15, 0.2) is 100 Å². The molecule has 0 aliphatic carbocycles. The van der Waals surface area contributed by atoms with Crippen molar-refractivity contribution in [1.82, 2.24) is 4.57 Å². The van der Waals surface area contributed by atoms with Crippen LogP contribution in [0.5, 0.6) is 5.75 Å². The summed E-state index contributed by atoms with van der Waals surface area (Å²) in [6.45, 7) is 2.97. The summed E-state index contributed by atoms with van der Waals surface area (Å²) in [4.78, 5) is 17.9. The molecule has 0 fully saturated rings. The van der Waals surface area contributed by atoms with E-state index < -0.39 is 5.97 Å². The molecule has 5 rings (SSSR count). The number of carbonyl (C=O) groups is 1. The molecule has 0 atom stereocenters. The van der Waals surface area contributed by atoms with Crippen molar-refractivity contribution in [2.75, 3.05) is 13.2 Å². The van der Waals surface area contributed by atoms with E-state index in [1.807, 2.05) is 48.7 Å². The second kappa shape index (κ2) is 12.0. The van der Waals surface area contributed by atoms with Gasteiger partial charge >= 0.3 is 5.97 Å². The van der Waals surface area contributed by atoms with Gasteiger partial charge in [0.2, 0.25) is 0 Å². The van der Waals surface area contributed by atoms with Crippen molar-refractivity contribution in [1.29, 1.82) is 0 Å². The van der Waals surface area contributed by atoms with E-state index in [0.717, 1.165) is 22.2 Å². The van der Waals surface area contributed by atoms with Crippen LogP contribution in [0.1, 0.15) is 12.5 Å². The number of hydrogen-bond acceptors (Lipinski definition) is 6. The second-order valence-electron chi connectivity index (χ2n) is 8.55. The molecular formula is C30H24Cl2N2O4S. The van der Waals surface area contributed by atoms with Crippen molar-refractivity contribution in [2.24, 2.45) is 4.99 Å². The molecule has 1 aliphatic heterocycles. The molecule has 1 aliphatic rings. The van der Waals surface area contributed by atoms with E-state index in [1.54, 1.807) is 43.3 Å². The van der Waals surface area contributed by atoms with Crippen LogP contribution >= 0.6 is 35.0 Å². The lowest BCUT2D eigenvalue weighted by Gasteiger charge is -2.08. The van der Waals surface area contributed by atoms with E-state index in [-0.39, 0.29) is 17.9 Å². The zero-order chi connectivity index (χ0) is 27.4. The van der Waals surface area contributed by atoms with Gasteiger partial charge in [0.15, 0.2) is 0 Å². The number of benzene rings is 3. The van der Waals surface area contributed by atoms with Gasteiger partial charge in [0, 0.05) is 32.7 Å². The Morgan fingerprint density at radius 2 is 1.72 bits per heavy atom. The van der Waals surface area contributed by atoms with E-state index in [9.17, 15) is 9.90 Å². The highest BCUT2D eigenvalue weighted by Gasteiger charge is 2.33. The van der Waals surface area contributed by atoms with Crippen molar-refractivity contribution in [2.45, 2.75) is 13.5 Å². The lowest BCUT2D eigenvalue weighted by molar-refractivity contribution is -0.138. The fourth-order valence-electron chi connectivity index (χ4n) is 4.13. The molecule has 0 saturated heterocycles. The first-order valence-corrected chi connectivity index (χ1v) is 13.8. The van der Waals surface area contributed by atoms with Crippen LogP contribution in [0.25, 0.3) is 17.0 Å². The van der Waals surface area contributed by atoms with Gasteiger partial charge in [0.05, 0.1) is 23.7 Å². The first-order valence-electron chi connectivity index (χ1n) is 12.2. The Hall–Kier alpha value is -3.65. The number of aliphatic hydroxyl groups excluding tert-OH is 1. The maximum atomic E-state index is 12.8. The third-order valence-electron chi connectivity index (χ3n) is 5.95. The summed E-state index contributed by atoms with van der Waals surface area (Å²) >= 11 is 13.2. The minimum atomic E-state index is -0.625. The van der Waals surface area contributed by atoms with Gasteiger partial charge in [-0.25, -0.2) is 9.79 Å². The number of fused-ring (bicyclic) bond motifs is 1. The van der Waals surface area contributed by atoms with Crippen LogP contribution in [-0.4, -0.2) is 33.9 Å². The lowest BCUT2D eigenvalue weighted by Crippen LogP contribution is -2.12. The minimum Gasteiger partial charge on any atom is -0.506 e. The van der Waals surface area contributed by atoms with Gasteiger partial charge in [-0.05, 0) is 67.6 Å². The molecule has 9 heteroatoms. The average molecular weight is 580 g/mol. The highest BCUT2D eigenvalue weighted by molar-refractivity contribution is 8.18. The fraction of sp³-hybridized carbons (Fsp3) is 0.133. The molecule has 3 aromatic carbocycles. The highest BCUT2D eigenvalue weighted by Crippen LogP contribution is 2.41. The largest absolute Gasteiger partial charge is 0.506 e. The molecule has 1 aromatic heterocycles. The summed E-state index contributed by atoms with van der Waals surface area (Å²) in [5.74, 6) is -0.0379. The number of para-hydroxylation sites is 1. The van der Waals surface area contributed by atoms with Crippen molar-refractivity contribution >= 4 is 68.6 Å². The van der Waals surface area contributed by atoms with Crippen molar-refractivity contribution < 1.29 is 19.4 Å². The molecule has 2 heterocycles. The maximum absolute atomic E-state index is 12.8. The first kappa shape index (κ1) is 26.9. The monoisotopic (exact) mass is 578 g/mol. The summed E-state index contributed by atoms with van der Waals surface area (Å²) in [6, 6.07) is 22.2. The number of carbonyl (C=O) groups excluding carboxylic acids is 1. The molecule has 6 nitrogen and oxygen atoms in total. The topological polar surface area (TPSA) is 73.0 Å². The summed E-state index contributed by atoms with van der Waals surface area (Å²) in [7, 11) is 0. The van der Waals surface area contributed by atoms with Crippen LogP contribution in [0, 0.1) is 0 Å². The molecular weight excluding hydrogens is 555 g/mol. The van der Waals surface area contributed by atoms with Gasteiger partial charge in [0.25, 0.3) is 0 Å². The van der Waals surface area contributed by atoms with E-state index in [0.29, 0.717) is 38.8 Å². The Balaban J connectivity index is 1.46. The van der Waals surface area contributed by atoms with Crippen LogP contribution in [0.4, 0.5) is 5.69 Å². The number of nitrogens with zero attached hydrogens (tertiary/aromatic N) is 2. The molecule has 0 unspecified atom stereocenters. The molecule has 0 amide bonds. The Labute approximate surface area is 240 Å². The smallest absolute Gasteiger partial charge is 0.344 e. The number of aliphatic hydroxyl groups is 1. The summed E-state index contributed by atoms with van der Waals surface area (Å²) in [5.41, 5.74) is 2.57. The summed E-state index contributed by atoms with van der Waals surface area (Å²) in [6.07, 6.45) is 3.87. The van der Waals surface area contributed by atoms with Gasteiger partial charge in [0.1, 0.15) is 28.7 Å².